The fourth-order valence-electron chi connectivity index (χ4n) is 1.67. The fourth-order valence-corrected chi connectivity index (χ4v) is 2.56. The smallest absolute Gasteiger partial charge is 0.335 e. The van der Waals surface area contributed by atoms with Crippen molar-refractivity contribution in [1.29, 1.82) is 0 Å². The normalized spacial score (nSPS) is 10.3. The van der Waals surface area contributed by atoms with E-state index < -0.39 is 17.7 Å². The summed E-state index contributed by atoms with van der Waals surface area (Å²) >= 11 is 1.37. The minimum atomic E-state index is -0.986. The lowest BCUT2D eigenvalue weighted by atomic mass is 10.1. The predicted molar refractivity (Wildman–Crippen MR) is 77.9 cm³/mol. The van der Waals surface area contributed by atoms with E-state index in [1.807, 2.05) is 0 Å². The first-order valence-corrected chi connectivity index (χ1v) is 7.00. The molecule has 6 heteroatoms. The summed E-state index contributed by atoms with van der Waals surface area (Å²) in [6.07, 6.45) is 0. The Balaban J connectivity index is 2.06. The summed E-state index contributed by atoms with van der Waals surface area (Å²) < 4.78 is 13.8. The highest BCUT2D eigenvalue weighted by atomic mass is 32.2. The van der Waals surface area contributed by atoms with E-state index in [-0.39, 0.29) is 11.1 Å². The number of thioether (sulfide) groups is 1. The van der Waals surface area contributed by atoms with E-state index in [0.717, 1.165) is 11.0 Å². The molecule has 0 aliphatic rings. The first-order chi connectivity index (χ1) is 9.97. The van der Waals surface area contributed by atoms with Gasteiger partial charge in [0.15, 0.2) is 0 Å². The molecule has 2 aromatic rings. The summed E-state index contributed by atoms with van der Waals surface area (Å²) in [5.41, 5.74) is 5.87. The Hall–Kier alpha value is -2.34. The number of benzene rings is 2. The number of aromatic carboxylic acids is 1. The molecule has 1 amide bonds. The molecule has 0 spiro atoms. The van der Waals surface area contributed by atoms with Crippen LogP contribution in [-0.2, 0) is 5.75 Å². The third-order valence-electron chi connectivity index (χ3n) is 2.83. The molecular formula is C15H12FNO3S. The number of primary amides is 1. The predicted octanol–water partition coefficient (Wildman–Crippen LogP) is 2.92. The number of carbonyl (C=O) groups is 2. The van der Waals surface area contributed by atoms with Gasteiger partial charge in [0.25, 0.3) is 0 Å². The van der Waals surface area contributed by atoms with Gasteiger partial charge in [0.2, 0.25) is 5.91 Å². The monoisotopic (exact) mass is 305 g/mol. The second-order valence-electron chi connectivity index (χ2n) is 4.29. The van der Waals surface area contributed by atoms with E-state index in [4.69, 9.17) is 10.8 Å². The van der Waals surface area contributed by atoms with Crippen molar-refractivity contribution in [2.75, 3.05) is 0 Å². The van der Waals surface area contributed by atoms with Crippen LogP contribution >= 0.6 is 11.8 Å². The molecular weight excluding hydrogens is 293 g/mol. The molecule has 0 radical (unpaired) electrons. The summed E-state index contributed by atoms with van der Waals surface area (Å²) in [6, 6.07) is 10.5. The van der Waals surface area contributed by atoms with Crippen LogP contribution in [0.25, 0.3) is 0 Å². The van der Waals surface area contributed by atoms with Crippen LogP contribution in [0.5, 0.6) is 0 Å². The van der Waals surface area contributed by atoms with E-state index in [2.05, 4.69) is 0 Å². The van der Waals surface area contributed by atoms with Gasteiger partial charge in [-0.3, -0.25) is 4.79 Å². The molecule has 0 heterocycles. The highest BCUT2D eigenvalue weighted by Crippen LogP contribution is 2.24. The second-order valence-corrected chi connectivity index (χ2v) is 5.34. The Morgan fingerprint density at radius 3 is 2.24 bits per heavy atom. The average molecular weight is 305 g/mol. The molecule has 0 fully saturated rings. The topological polar surface area (TPSA) is 80.4 Å². The Labute approximate surface area is 124 Å². The second kappa shape index (κ2) is 6.41. The third kappa shape index (κ3) is 3.82. The van der Waals surface area contributed by atoms with Crippen LogP contribution < -0.4 is 5.73 Å². The molecule has 4 nitrogen and oxygen atoms in total. The Kier molecular flexibility index (Phi) is 4.59. The van der Waals surface area contributed by atoms with Crippen molar-refractivity contribution in [3.8, 4) is 0 Å². The number of halogens is 1. The van der Waals surface area contributed by atoms with Crippen LogP contribution in [0.3, 0.4) is 0 Å². The largest absolute Gasteiger partial charge is 0.478 e. The quantitative estimate of drug-likeness (QED) is 0.832. The van der Waals surface area contributed by atoms with Crippen molar-refractivity contribution >= 4 is 23.6 Å². The minimum absolute atomic E-state index is 0.132. The van der Waals surface area contributed by atoms with Gasteiger partial charge in [-0.1, -0.05) is 6.07 Å². The SMILES string of the molecule is NC(=O)c1ccc(CSc2ccc(C(=O)O)cc2)c(F)c1. The number of carboxylic acid groups (broad SMARTS) is 1. The molecule has 3 N–H and O–H groups in total. The lowest BCUT2D eigenvalue weighted by Gasteiger charge is -2.05. The minimum Gasteiger partial charge on any atom is -0.478 e. The average Bonchev–Trinajstić information content (AvgIpc) is 2.46. The number of hydrogen-bond donors (Lipinski definition) is 2. The van der Waals surface area contributed by atoms with Gasteiger partial charge in [-0.05, 0) is 42.0 Å². The zero-order valence-corrected chi connectivity index (χ0v) is 11.7. The van der Waals surface area contributed by atoms with Gasteiger partial charge in [-0.15, -0.1) is 11.8 Å². The van der Waals surface area contributed by atoms with Gasteiger partial charge >= 0.3 is 5.97 Å². The molecule has 0 atom stereocenters. The van der Waals surface area contributed by atoms with Crippen molar-refractivity contribution in [3.63, 3.8) is 0 Å². The zero-order valence-electron chi connectivity index (χ0n) is 10.9. The van der Waals surface area contributed by atoms with E-state index >= 15 is 0 Å². The maximum atomic E-state index is 13.8. The molecule has 0 aliphatic carbocycles. The fraction of sp³-hybridized carbons (Fsp3) is 0.0667. The summed E-state index contributed by atoms with van der Waals surface area (Å²) in [7, 11) is 0. The molecule has 0 aromatic heterocycles. The lowest BCUT2D eigenvalue weighted by Crippen LogP contribution is -2.11. The van der Waals surface area contributed by atoms with Crippen molar-refractivity contribution in [2.45, 2.75) is 10.6 Å². The number of rotatable bonds is 5. The van der Waals surface area contributed by atoms with Gasteiger partial charge in [0, 0.05) is 16.2 Å². The zero-order chi connectivity index (χ0) is 15.4. The van der Waals surface area contributed by atoms with Crippen LogP contribution in [0.2, 0.25) is 0 Å². The number of carbonyl (C=O) groups excluding carboxylic acids is 1. The van der Waals surface area contributed by atoms with E-state index in [1.54, 1.807) is 12.1 Å². The van der Waals surface area contributed by atoms with E-state index in [9.17, 15) is 14.0 Å². The Morgan fingerprint density at radius 2 is 1.71 bits per heavy atom. The number of carboxylic acids is 1. The highest BCUT2D eigenvalue weighted by molar-refractivity contribution is 7.98. The standard InChI is InChI=1S/C15H12FNO3S/c16-13-7-10(14(17)18)1-2-11(13)8-21-12-5-3-9(4-6-12)15(19)20/h1-7H,8H2,(H2,17,18)(H,19,20). The van der Waals surface area contributed by atoms with Crippen molar-refractivity contribution in [3.05, 3.63) is 65.0 Å². The van der Waals surface area contributed by atoms with Gasteiger partial charge in [-0.25, -0.2) is 9.18 Å². The highest BCUT2D eigenvalue weighted by Gasteiger charge is 2.08. The Morgan fingerprint density at radius 1 is 1.10 bits per heavy atom. The van der Waals surface area contributed by atoms with Crippen LogP contribution in [0.4, 0.5) is 4.39 Å². The van der Waals surface area contributed by atoms with Crippen molar-refractivity contribution < 1.29 is 19.1 Å². The Bertz CT molecular complexity index is 686. The molecule has 0 saturated carbocycles. The first-order valence-electron chi connectivity index (χ1n) is 6.02. The van der Waals surface area contributed by atoms with Gasteiger partial charge < -0.3 is 10.8 Å². The van der Waals surface area contributed by atoms with Crippen molar-refractivity contribution in [2.24, 2.45) is 5.73 Å². The van der Waals surface area contributed by atoms with Crippen molar-refractivity contribution in [1.82, 2.24) is 0 Å². The molecule has 0 saturated heterocycles. The first kappa shape index (κ1) is 15.1. The molecule has 21 heavy (non-hydrogen) atoms. The van der Waals surface area contributed by atoms with Crippen LogP contribution in [0, 0.1) is 5.82 Å². The van der Waals surface area contributed by atoms with Gasteiger partial charge in [0.05, 0.1) is 5.56 Å². The third-order valence-corrected chi connectivity index (χ3v) is 3.89. The summed E-state index contributed by atoms with van der Waals surface area (Å²) in [5, 5.41) is 8.80. The van der Waals surface area contributed by atoms with Crippen LogP contribution in [-0.4, -0.2) is 17.0 Å². The van der Waals surface area contributed by atoms with E-state index in [0.29, 0.717) is 11.3 Å². The number of amides is 1. The van der Waals surface area contributed by atoms with Gasteiger partial charge in [0.1, 0.15) is 5.82 Å². The molecule has 2 aromatic carbocycles. The molecule has 108 valence electrons. The summed E-state index contributed by atoms with van der Waals surface area (Å²) in [5.74, 6) is -1.77. The molecule has 0 bridgehead atoms. The lowest BCUT2D eigenvalue weighted by molar-refractivity contribution is 0.0696. The summed E-state index contributed by atoms with van der Waals surface area (Å²) in [4.78, 5) is 22.5. The maximum Gasteiger partial charge on any atom is 0.335 e. The number of hydrogen-bond acceptors (Lipinski definition) is 3. The molecule has 0 aliphatic heterocycles. The van der Waals surface area contributed by atoms with Gasteiger partial charge in [-0.2, -0.15) is 0 Å². The van der Waals surface area contributed by atoms with Crippen LogP contribution in [0.1, 0.15) is 26.3 Å². The maximum absolute atomic E-state index is 13.8. The number of nitrogens with two attached hydrogens (primary N) is 1. The van der Waals surface area contributed by atoms with E-state index in [1.165, 1.54) is 36.0 Å². The molecule has 0 unspecified atom stereocenters. The van der Waals surface area contributed by atoms with Crippen LogP contribution in [0.15, 0.2) is 47.4 Å². The molecule has 2 rings (SSSR count). The summed E-state index contributed by atoms with van der Waals surface area (Å²) in [6.45, 7) is 0.